The predicted octanol–water partition coefficient (Wildman–Crippen LogP) is 4.52. The summed E-state index contributed by atoms with van der Waals surface area (Å²) < 4.78 is 0. The van der Waals surface area contributed by atoms with Crippen LogP contribution in [0.1, 0.15) is 53.7 Å². The number of likely N-dealkylation sites (tertiary alicyclic amines) is 1. The lowest BCUT2D eigenvalue weighted by Gasteiger charge is -2.37. The third-order valence-corrected chi connectivity index (χ3v) is 6.30. The van der Waals surface area contributed by atoms with E-state index in [0.29, 0.717) is 17.0 Å². The molecule has 4 heteroatoms. The molecule has 26 heavy (non-hydrogen) atoms. The smallest absolute Gasteiger partial charge is 0.129 e. The molecule has 0 saturated carbocycles. The van der Waals surface area contributed by atoms with Crippen molar-refractivity contribution >= 4 is 11.6 Å². The first-order chi connectivity index (χ1) is 12.6. The molecule has 1 aliphatic heterocycles. The Kier molecular flexibility index (Phi) is 5.30. The molecule has 138 valence electrons. The maximum Gasteiger partial charge on any atom is 0.129 e. The minimum Gasteiger partial charge on any atom is -0.387 e. The van der Waals surface area contributed by atoms with Crippen molar-refractivity contribution in [2.45, 2.75) is 44.6 Å². The van der Waals surface area contributed by atoms with Gasteiger partial charge in [-0.15, -0.1) is 0 Å². The van der Waals surface area contributed by atoms with Crippen LogP contribution in [0.15, 0.2) is 36.4 Å². The van der Waals surface area contributed by atoms with E-state index in [1.165, 1.54) is 24.0 Å². The van der Waals surface area contributed by atoms with Crippen molar-refractivity contribution in [2.75, 3.05) is 19.6 Å². The molecule has 1 fully saturated rings. The second-order valence-electron chi connectivity index (χ2n) is 7.93. The number of aromatic nitrogens is 1. The summed E-state index contributed by atoms with van der Waals surface area (Å²) in [6.45, 7) is 5.59. The van der Waals surface area contributed by atoms with E-state index in [9.17, 15) is 5.11 Å². The lowest BCUT2D eigenvalue weighted by molar-refractivity contribution is 0.101. The van der Waals surface area contributed by atoms with Crippen LogP contribution in [0.4, 0.5) is 0 Å². The molecule has 1 saturated heterocycles. The molecule has 2 unspecified atom stereocenters. The number of aryl methyl sites for hydroxylation is 1. The highest BCUT2D eigenvalue weighted by molar-refractivity contribution is 6.29. The third kappa shape index (κ3) is 3.80. The van der Waals surface area contributed by atoms with Crippen LogP contribution >= 0.6 is 11.6 Å². The van der Waals surface area contributed by atoms with Crippen LogP contribution in [0.25, 0.3) is 0 Å². The SMILES string of the molecule is Cc1ccccc1C1CCN(CC2Cc3ccc(Cl)nc3C(O)C2)CC1. The van der Waals surface area contributed by atoms with Crippen molar-refractivity contribution in [3.63, 3.8) is 0 Å². The average Bonchev–Trinajstić information content (AvgIpc) is 2.64. The lowest BCUT2D eigenvalue weighted by Crippen LogP contribution is -2.38. The zero-order valence-corrected chi connectivity index (χ0v) is 16.1. The molecular formula is C22H27ClN2O. The Morgan fingerprint density at radius 1 is 1.15 bits per heavy atom. The van der Waals surface area contributed by atoms with Gasteiger partial charge in [0.15, 0.2) is 0 Å². The maximum atomic E-state index is 10.5. The van der Waals surface area contributed by atoms with Crippen molar-refractivity contribution in [3.05, 3.63) is 63.9 Å². The molecule has 2 aliphatic rings. The molecular weight excluding hydrogens is 344 g/mol. The summed E-state index contributed by atoms with van der Waals surface area (Å²) in [6.07, 6.45) is 3.76. The molecule has 1 aliphatic carbocycles. The highest BCUT2D eigenvalue weighted by Crippen LogP contribution is 2.35. The molecule has 0 radical (unpaired) electrons. The molecule has 1 N–H and O–H groups in total. The van der Waals surface area contributed by atoms with Gasteiger partial charge in [0.05, 0.1) is 11.8 Å². The van der Waals surface area contributed by atoms with Gasteiger partial charge in [-0.05, 0) is 80.3 Å². The van der Waals surface area contributed by atoms with Crippen molar-refractivity contribution in [1.82, 2.24) is 9.88 Å². The number of hydrogen-bond acceptors (Lipinski definition) is 3. The van der Waals surface area contributed by atoms with Gasteiger partial charge < -0.3 is 10.0 Å². The van der Waals surface area contributed by atoms with Crippen LogP contribution < -0.4 is 0 Å². The number of benzene rings is 1. The summed E-state index contributed by atoms with van der Waals surface area (Å²) in [5.74, 6) is 1.19. The van der Waals surface area contributed by atoms with E-state index in [1.807, 2.05) is 12.1 Å². The highest BCUT2D eigenvalue weighted by atomic mass is 35.5. The number of aliphatic hydroxyl groups is 1. The minimum absolute atomic E-state index is 0.472. The fourth-order valence-electron chi connectivity index (χ4n) is 4.74. The molecule has 1 aromatic heterocycles. The first kappa shape index (κ1) is 18.0. The second kappa shape index (κ2) is 7.67. The number of halogens is 1. The summed E-state index contributed by atoms with van der Waals surface area (Å²) >= 11 is 5.98. The molecule has 0 spiro atoms. The summed E-state index contributed by atoms with van der Waals surface area (Å²) in [5, 5.41) is 10.9. The monoisotopic (exact) mass is 370 g/mol. The number of fused-ring (bicyclic) bond motifs is 1. The van der Waals surface area contributed by atoms with Gasteiger partial charge in [-0.3, -0.25) is 0 Å². The molecule has 0 bridgehead atoms. The zero-order valence-electron chi connectivity index (χ0n) is 15.4. The molecule has 3 nitrogen and oxygen atoms in total. The van der Waals surface area contributed by atoms with Crippen LogP contribution in [-0.4, -0.2) is 34.6 Å². The van der Waals surface area contributed by atoms with Crippen LogP contribution in [0.2, 0.25) is 5.15 Å². The Hall–Kier alpha value is -1.42. The fraction of sp³-hybridized carbons (Fsp3) is 0.500. The number of pyridine rings is 1. The topological polar surface area (TPSA) is 36.4 Å². The number of piperidine rings is 1. The summed E-state index contributed by atoms with van der Waals surface area (Å²) in [7, 11) is 0. The number of aliphatic hydroxyl groups excluding tert-OH is 1. The average molecular weight is 371 g/mol. The molecule has 4 rings (SSSR count). The van der Waals surface area contributed by atoms with Gasteiger partial charge in [0.25, 0.3) is 0 Å². The molecule has 2 heterocycles. The Morgan fingerprint density at radius 3 is 2.69 bits per heavy atom. The summed E-state index contributed by atoms with van der Waals surface area (Å²) in [4.78, 5) is 6.91. The molecule has 2 aromatic rings. The summed E-state index contributed by atoms with van der Waals surface area (Å²) in [6, 6.07) is 12.7. The minimum atomic E-state index is -0.480. The quantitative estimate of drug-likeness (QED) is 0.807. The van der Waals surface area contributed by atoms with Gasteiger partial charge in [0.2, 0.25) is 0 Å². The van der Waals surface area contributed by atoms with Crippen LogP contribution in [0.3, 0.4) is 0 Å². The second-order valence-corrected chi connectivity index (χ2v) is 8.32. The van der Waals surface area contributed by atoms with E-state index in [1.54, 1.807) is 0 Å². The number of hydrogen-bond donors (Lipinski definition) is 1. The van der Waals surface area contributed by atoms with E-state index >= 15 is 0 Å². The number of rotatable bonds is 3. The largest absolute Gasteiger partial charge is 0.387 e. The van der Waals surface area contributed by atoms with E-state index in [4.69, 9.17) is 11.6 Å². The van der Waals surface area contributed by atoms with Crippen LogP contribution in [0.5, 0.6) is 0 Å². The van der Waals surface area contributed by atoms with Crippen LogP contribution in [-0.2, 0) is 6.42 Å². The standard InChI is InChI=1S/C22H27ClN2O/c1-15-4-2-3-5-19(15)17-8-10-25(11-9-17)14-16-12-18-6-7-21(23)24-22(18)20(26)13-16/h2-7,16-17,20,26H,8-14H2,1H3. The Labute approximate surface area is 161 Å². The molecule has 1 aromatic carbocycles. The molecule has 2 atom stereocenters. The van der Waals surface area contributed by atoms with E-state index in [0.717, 1.165) is 43.7 Å². The van der Waals surface area contributed by atoms with Crippen molar-refractivity contribution in [3.8, 4) is 0 Å². The van der Waals surface area contributed by atoms with Gasteiger partial charge >= 0.3 is 0 Å². The lowest BCUT2D eigenvalue weighted by atomic mass is 9.83. The van der Waals surface area contributed by atoms with Crippen molar-refractivity contribution < 1.29 is 5.11 Å². The van der Waals surface area contributed by atoms with E-state index < -0.39 is 6.10 Å². The Balaban J connectivity index is 1.35. The summed E-state index contributed by atoms with van der Waals surface area (Å²) in [5.41, 5.74) is 4.89. The van der Waals surface area contributed by atoms with Gasteiger partial charge in [0.1, 0.15) is 5.15 Å². The Morgan fingerprint density at radius 2 is 1.92 bits per heavy atom. The fourth-order valence-corrected chi connectivity index (χ4v) is 4.89. The van der Waals surface area contributed by atoms with Crippen molar-refractivity contribution in [1.29, 1.82) is 0 Å². The third-order valence-electron chi connectivity index (χ3n) is 6.09. The normalized spacial score (nSPS) is 24.4. The van der Waals surface area contributed by atoms with E-state index in [2.05, 4.69) is 41.1 Å². The van der Waals surface area contributed by atoms with Crippen molar-refractivity contribution in [2.24, 2.45) is 5.92 Å². The number of nitrogens with zero attached hydrogens (tertiary/aromatic N) is 2. The van der Waals surface area contributed by atoms with Crippen LogP contribution in [0, 0.1) is 12.8 Å². The van der Waals surface area contributed by atoms with Gasteiger partial charge in [-0.1, -0.05) is 41.9 Å². The maximum absolute atomic E-state index is 10.5. The van der Waals surface area contributed by atoms with E-state index in [-0.39, 0.29) is 0 Å². The highest BCUT2D eigenvalue weighted by Gasteiger charge is 2.30. The predicted molar refractivity (Wildman–Crippen MR) is 106 cm³/mol. The van der Waals surface area contributed by atoms with Gasteiger partial charge in [0, 0.05) is 6.54 Å². The van der Waals surface area contributed by atoms with Gasteiger partial charge in [-0.25, -0.2) is 4.98 Å². The van der Waals surface area contributed by atoms with Gasteiger partial charge in [-0.2, -0.15) is 0 Å². The Bertz CT molecular complexity index is 770. The zero-order chi connectivity index (χ0) is 18.1. The first-order valence-electron chi connectivity index (χ1n) is 9.71. The molecule has 0 amide bonds. The first-order valence-corrected chi connectivity index (χ1v) is 10.1.